The first-order valence-electron chi connectivity index (χ1n) is 7.01. The van der Waals surface area contributed by atoms with Gasteiger partial charge in [-0.15, -0.1) is 0 Å². The third-order valence-corrected chi connectivity index (χ3v) is 3.13. The maximum atomic E-state index is 12.5. The van der Waals surface area contributed by atoms with Gasteiger partial charge in [0.2, 0.25) is 0 Å². The predicted molar refractivity (Wildman–Crippen MR) is 81.5 cm³/mol. The third kappa shape index (κ3) is 3.27. The van der Waals surface area contributed by atoms with Crippen molar-refractivity contribution in [2.24, 2.45) is 0 Å². The summed E-state index contributed by atoms with van der Waals surface area (Å²) in [6.07, 6.45) is 0.994. The lowest BCUT2D eigenvalue weighted by Crippen LogP contribution is -2.07. The van der Waals surface area contributed by atoms with E-state index >= 15 is 0 Å². The van der Waals surface area contributed by atoms with Gasteiger partial charge in [0.1, 0.15) is 5.75 Å². The molecule has 0 bridgehead atoms. The topological polar surface area (TPSA) is 26.3 Å². The first kappa shape index (κ1) is 14.3. The molecular weight excluding hydrogens is 248 g/mol. The molecule has 0 aromatic heterocycles. The Hall–Kier alpha value is -2.09. The number of hydrogen-bond acceptors (Lipinski definition) is 2. The zero-order valence-electron chi connectivity index (χ0n) is 12.2. The third-order valence-electron chi connectivity index (χ3n) is 3.13. The molecule has 20 heavy (non-hydrogen) atoms. The van der Waals surface area contributed by atoms with E-state index in [1.165, 1.54) is 0 Å². The molecule has 2 heteroatoms. The van der Waals surface area contributed by atoms with Gasteiger partial charge in [-0.05, 0) is 50.1 Å². The molecule has 0 aliphatic carbocycles. The number of carbonyl (C=O) groups is 1. The minimum absolute atomic E-state index is 0.0681. The van der Waals surface area contributed by atoms with Crippen LogP contribution in [-0.4, -0.2) is 11.9 Å². The summed E-state index contributed by atoms with van der Waals surface area (Å²) in [4.78, 5) is 12.5. The summed E-state index contributed by atoms with van der Waals surface area (Å²) >= 11 is 0. The lowest BCUT2D eigenvalue weighted by molar-refractivity contribution is 0.103. The normalized spacial score (nSPS) is 10.6. The summed E-state index contributed by atoms with van der Waals surface area (Å²) in [6.45, 7) is 6.03. The fourth-order valence-corrected chi connectivity index (χ4v) is 2.16. The smallest absolute Gasteiger partial charge is 0.193 e. The molecule has 2 rings (SSSR count). The highest BCUT2D eigenvalue weighted by Gasteiger charge is 2.12. The quantitative estimate of drug-likeness (QED) is 0.757. The molecule has 0 unspecified atom stereocenters. The lowest BCUT2D eigenvalue weighted by Gasteiger charge is -2.10. The lowest BCUT2D eigenvalue weighted by atomic mass is 9.97. The van der Waals surface area contributed by atoms with E-state index in [1.807, 2.05) is 62.4 Å². The zero-order valence-corrected chi connectivity index (χ0v) is 12.2. The molecule has 2 nitrogen and oxygen atoms in total. The van der Waals surface area contributed by atoms with Gasteiger partial charge in [0, 0.05) is 11.1 Å². The van der Waals surface area contributed by atoms with E-state index in [4.69, 9.17) is 4.74 Å². The average molecular weight is 268 g/mol. The number of rotatable bonds is 5. The molecule has 0 saturated carbocycles. The molecule has 0 aliphatic heterocycles. The van der Waals surface area contributed by atoms with Crippen molar-refractivity contribution in [2.45, 2.75) is 33.3 Å². The van der Waals surface area contributed by atoms with Gasteiger partial charge in [-0.1, -0.05) is 31.2 Å². The van der Waals surface area contributed by atoms with Crippen LogP contribution in [-0.2, 0) is 6.42 Å². The van der Waals surface area contributed by atoms with Crippen molar-refractivity contribution in [3.8, 4) is 5.75 Å². The molecule has 0 fully saturated rings. The Morgan fingerprint density at radius 3 is 2.30 bits per heavy atom. The number of ketones is 1. The average Bonchev–Trinajstić information content (AvgIpc) is 2.46. The van der Waals surface area contributed by atoms with Crippen molar-refractivity contribution in [1.82, 2.24) is 0 Å². The second kappa shape index (κ2) is 6.38. The van der Waals surface area contributed by atoms with Crippen LogP contribution in [0.3, 0.4) is 0 Å². The Labute approximate surface area is 120 Å². The molecule has 0 aliphatic rings. The SMILES string of the molecule is CCc1ccccc1C(=O)c1ccc(OC(C)C)cc1. The van der Waals surface area contributed by atoms with Crippen molar-refractivity contribution in [3.05, 3.63) is 65.2 Å². The monoisotopic (exact) mass is 268 g/mol. The van der Waals surface area contributed by atoms with Gasteiger partial charge in [0.05, 0.1) is 6.10 Å². The van der Waals surface area contributed by atoms with Crippen LogP contribution in [0.1, 0.15) is 42.3 Å². The van der Waals surface area contributed by atoms with Crippen LogP contribution in [0.2, 0.25) is 0 Å². The summed E-state index contributed by atoms with van der Waals surface area (Å²) in [7, 11) is 0. The van der Waals surface area contributed by atoms with Gasteiger partial charge in [0.15, 0.2) is 5.78 Å². The van der Waals surface area contributed by atoms with Crippen LogP contribution < -0.4 is 4.74 Å². The van der Waals surface area contributed by atoms with Crippen molar-refractivity contribution in [2.75, 3.05) is 0 Å². The molecular formula is C18H20O2. The first-order valence-corrected chi connectivity index (χ1v) is 7.01. The van der Waals surface area contributed by atoms with Gasteiger partial charge in [-0.3, -0.25) is 4.79 Å². The predicted octanol–water partition coefficient (Wildman–Crippen LogP) is 4.27. The van der Waals surface area contributed by atoms with Gasteiger partial charge in [-0.25, -0.2) is 0 Å². The molecule has 0 N–H and O–H groups in total. The van der Waals surface area contributed by atoms with E-state index < -0.39 is 0 Å². The Morgan fingerprint density at radius 2 is 1.70 bits per heavy atom. The van der Waals surface area contributed by atoms with Crippen molar-refractivity contribution in [1.29, 1.82) is 0 Å². The van der Waals surface area contributed by atoms with Crippen LogP contribution in [0.4, 0.5) is 0 Å². The highest BCUT2D eigenvalue weighted by Crippen LogP contribution is 2.18. The summed E-state index contributed by atoms with van der Waals surface area (Å²) in [5.41, 5.74) is 2.56. The maximum absolute atomic E-state index is 12.5. The molecule has 0 radical (unpaired) electrons. The van der Waals surface area contributed by atoms with Crippen LogP contribution >= 0.6 is 0 Å². The number of benzene rings is 2. The van der Waals surface area contributed by atoms with Crippen molar-refractivity contribution in [3.63, 3.8) is 0 Å². The Morgan fingerprint density at radius 1 is 1.05 bits per heavy atom. The van der Waals surface area contributed by atoms with Crippen LogP contribution in [0.15, 0.2) is 48.5 Å². The Kier molecular flexibility index (Phi) is 4.57. The number of ether oxygens (including phenoxy) is 1. The maximum Gasteiger partial charge on any atom is 0.193 e. The summed E-state index contributed by atoms with van der Waals surface area (Å²) in [5.74, 6) is 0.860. The van der Waals surface area contributed by atoms with E-state index in [9.17, 15) is 4.79 Å². The van der Waals surface area contributed by atoms with Gasteiger partial charge in [-0.2, -0.15) is 0 Å². The molecule has 0 spiro atoms. The second-order valence-electron chi connectivity index (χ2n) is 5.03. The zero-order chi connectivity index (χ0) is 14.5. The van der Waals surface area contributed by atoms with Gasteiger partial charge >= 0.3 is 0 Å². The number of hydrogen-bond donors (Lipinski definition) is 0. The Balaban J connectivity index is 2.25. The molecule has 2 aromatic carbocycles. The summed E-state index contributed by atoms with van der Waals surface area (Å²) in [6, 6.07) is 15.1. The molecule has 0 amide bonds. The molecule has 0 heterocycles. The highest BCUT2D eigenvalue weighted by molar-refractivity contribution is 6.09. The van der Waals surface area contributed by atoms with Crippen LogP contribution in [0, 0.1) is 0 Å². The van der Waals surface area contributed by atoms with Gasteiger partial charge < -0.3 is 4.74 Å². The number of aryl methyl sites for hydroxylation is 1. The van der Waals surface area contributed by atoms with E-state index in [1.54, 1.807) is 0 Å². The first-order chi connectivity index (χ1) is 9.61. The van der Waals surface area contributed by atoms with Crippen molar-refractivity contribution < 1.29 is 9.53 Å². The molecule has 0 saturated heterocycles. The Bertz CT molecular complexity index is 583. The largest absolute Gasteiger partial charge is 0.491 e. The fraction of sp³-hybridized carbons (Fsp3) is 0.278. The van der Waals surface area contributed by atoms with Gasteiger partial charge in [0.25, 0.3) is 0 Å². The van der Waals surface area contributed by atoms with Crippen LogP contribution in [0.5, 0.6) is 5.75 Å². The minimum atomic E-state index is 0.0681. The molecule has 0 atom stereocenters. The van der Waals surface area contributed by atoms with E-state index in [-0.39, 0.29) is 11.9 Å². The van der Waals surface area contributed by atoms with Crippen molar-refractivity contribution >= 4 is 5.78 Å². The molecule has 104 valence electrons. The number of carbonyl (C=O) groups excluding carboxylic acids is 1. The van der Waals surface area contributed by atoms with E-state index in [0.29, 0.717) is 5.56 Å². The second-order valence-corrected chi connectivity index (χ2v) is 5.03. The van der Waals surface area contributed by atoms with E-state index in [2.05, 4.69) is 6.92 Å². The minimum Gasteiger partial charge on any atom is -0.491 e. The van der Waals surface area contributed by atoms with E-state index in [0.717, 1.165) is 23.3 Å². The standard InChI is InChI=1S/C18H20O2/c1-4-14-7-5-6-8-17(14)18(19)15-9-11-16(12-10-15)20-13(2)3/h5-13H,4H2,1-3H3. The molecule has 2 aromatic rings. The summed E-state index contributed by atoms with van der Waals surface area (Å²) < 4.78 is 5.59. The fourth-order valence-electron chi connectivity index (χ4n) is 2.16. The highest BCUT2D eigenvalue weighted by atomic mass is 16.5. The summed E-state index contributed by atoms with van der Waals surface area (Å²) in [5, 5.41) is 0. The van der Waals surface area contributed by atoms with Crippen LogP contribution in [0.25, 0.3) is 0 Å².